The summed E-state index contributed by atoms with van der Waals surface area (Å²) in [7, 11) is 1.50. The number of rotatable bonds is 1. The van der Waals surface area contributed by atoms with E-state index in [2.05, 4.69) is 20.0 Å². The number of hydrogen-bond donors (Lipinski definition) is 0. The van der Waals surface area contributed by atoms with Gasteiger partial charge in [-0.15, -0.1) is 0 Å². The van der Waals surface area contributed by atoms with Gasteiger partial charge in [0.25, 0.3) is 0 Å². The third-order valence-electron chi connectivity index (χ3n) is 0.834. The highest BCUT2D eigenvalue weighted by Crippen LogP contribution is 1.83. The van der Waals surface area contributed by atoms with E-state index in [4.69, 9.17) is 0 Å². The molecule has 0 aromatic carbocycles. The molecule has 1 rings (SSSR count). The van der Waals surface area contributed by atoms with Crippen molar-refractivity contribution in [2.45, 2.75) is 0 Å². The summed E-state index contributed by atoms with van der Waals surface area (Å²) in [6.07, 6.45) is 3.12. The predicted octanol–water partition coefficient (Wildman–Crippen LogP) is 0.102. The molecule has 4 nitrogen and oxygen atoms in total. The van der Waals surface area contributed by atoms with Gasteiger partial charge in [-0.05, 0) is 0 Å². The molecule has 48 valence electrons. The molecule has 1 heterocycles. The maximum absolute atomic E-state index is 4.50. The van der Waals surface area contributed by atoms with E-state index >= 15 is 0 Å². The zero-order valence-corrected chi connectivity index (χ0v) is 5.11. The van der Waals surface area contributed by atoms with Crippen molar-refractivity contribution < 1.29 is 4.84 Å². The van der Waals surface area contributed by atoms with Gasteiger partial charge in [0, 0.05) is 0 Å². The molecule has 0 atom stereocenters. The van der Waals surface area contributed by atoms with Crippen LogP contribution in [0.25, 0.3) is 0 Å². The summed E-state index contributed by atoms with van der Waals surface area (Å²) in [5.74, 6) is 0. The van der Waals surface area contributed by atoms with Gasteiger partial charge in [0.1, 0.15) is 19.2 Å². The Kier molecular flexibility index (Phi) is 1.95. The van der Waals surface area contributed by atoms with Gasteiger partial charge in [-0.25, -0.2) is 4.99 Å². The Hall–Kier alpha value is -1.19. The van der Waals surface area contributed by atoms with Gasteiger partial charge in [-0.2, -0.15) is 0 Å². The largest absolute Gasteiger partial charge is 0.399 e. The van der Waals surface area contributed by atoms with Gasteiger partial charge in [0.05, 0.1) is 12.8 Å². The Labute approximate surface area is 52.9 Å². The normalized spacial score (nSPS) is 20.8. The summed E-state index contributed by atoms with van der Waals surface area (Å²) in [6.45, 7) is 0.567. The highest BCUT2D eigenvalue weighted by Gasteiger charge is 1.95. The van der Waals surface area contributed by atoms with Crippen LogP contribution in [0.1, 0.15) is 0 Å². The van der Waals surface area contributed by atoms with Gasteiger partial charge in [0.15, 0.2) is 0 Å². The maximum atomic E-state index is 4.50. The lowest BCUT2D eigenvalue weighted by Gasteiger charge is -1.96. The van der Waals surface area contributed by atoms with Crippen LogP contribution in [0.5, 0.6) is 0 Å². The smallest absolute Gasteiger partial charge is 0.119 e. The Bertz CT molecular complexity index is 171. The van der Waals surface area contributed by atoms with Gasteiger partial charge >= 0.3 is 0 Å². The first-order valence-corrected chi connectivity index (χ1v) is 2.55. The molecule has 0 saturated carbocycles. The fraction of sp³-hybridized carbons (Fsp3) is 0.400. The molecule has 1 aliphatic heterocycles. The number of hydrogen-bond acceptors (Lipinski definition) is 4. The molecular formula is C5H7N3O. The van der Waals surface area contributed by atoms with Crippen molar-refractivity contribution in [1.82, 2.24) is 0 Å². The Morgan fingerprint density at radius 1 is 1.78 bits per heavy atom. The van der Waals surface area contributed by atoms with Crippen LogP contribution in [0.15, 0.2) is 15.1 Å². The Morgan fingerprint density at radius 2 is 2.67 bits per heavy atom. The zero-order valence-electron chi connectivity index (χ0n) is 5.11. The molecule has 0 aliphatic carbocycles. The van der Waals surface area contributed by atoms with Crippen LogP contribution in [0.3, 0.4) is 0 Å². The molecule has 0 radical (unpaired) electrons. The molecule has 0 N–H and O–H groups in total. The van der Waals surface area contributed by atoms with Crippen molar-refractivity contribution in [1.29, 1.82) is 0 Å². The quantitative estimate of drug-likeness (QED) is 0.458. The van der Waals surface area contributed by atoms with Crippen molar-refractivity contribution in [2.75, 3.05) is 13.7 Å². The number of oxime groups is 1. The molecule has 4 heteroatoms. The standard InChI is InChI=1S/C5H7N3O/c1-9-8-5-2-6-4-7-3-5/h2,4H,3H2,1H3. The average molecular weight is 125 g/mol. The van der Waals surface area contributed by atoms with Crippen LogP contribution in [0.4, 0.5) is 0 Å². The summed E-state index contributed by atoms with van der Waals surface area (Å²) in [5.41, 5.74) is 0.750. The number of aliphatic imine (C=N–C) groups is 2. The van der Waals surface area contributed by atoms with E-state index in [0.717, 1.165) is 5.71 Å². The second-order valence-corrected chi connectivity index (χ2v) is 1.50. The fourth-order valence-electron chi connectivity index (χ4n) is 0.511. The molecule has 0 saturated heterocycles. The van der Waals surface area contributed by atoms with Crippen molar-refractivity contribution in [3.63, 3.8) is 0 Å². The average Bonchev–Trinajstić information content (AvgIpc) is 1.91. The molecule has 0 aromatic heterocycles. The Balaban J connectivity index is 2.55. The molecule has 9 heavy (non-hydrogen) atoms. The lowest BCUT2D eigenvalue weighted by atomic mass is 10.4. The van der Waals surface area contributed by atoms with Gasteiger partial charge in [-0.1, -0.05) is 5.16 Å². The number of nitrogens with zero attached hydrogens (tertiary/aromatic N) is 3. The van der Waals surface area contributed by atoms with Crippen LogP contribution < -0.4 is 0 Å². The SMILES string of the molecule is CON=C1C=NC=NC1. The first-order chi connectivity index (χ1) is 4.43. The highest BCUT2D eigenvalue weighted by atomic mass is 16.6. The zero-order chi connectivity index (χ0) is 6.53. The fourth-order valence-corrected chi connectivity index (χ4v) is 0.511. The minimum Gasteiger partial charge on any atom is -0.399 e. The van der Waals surface area contributed by atoms with Gasteiger partial charge < -0.3 is 4.84 Å². The summed E-state index contributed by atoms with van der Waals surface area (Å²) < 4.78 is 0. The van der Waals surface area contributed by atoms with E-state index in [1.165, 1.54) is 13.4 Å². The third kappa shape index (κ3) is 1.64. The van der Waals surface area contributed by atoms with Crippen LogP contribution >= 0.6 is 0 Å². The summed E-state index contributed by atoms with van der Waals surface area (Å²) in [4.78, 5) is 12.1. The minimum absolute atomic E-state index is 0.567. The predicted molar refractivity (Wildman–Crippen MR) is 36.3 cm³/mol. The van der Waals surface area contributed by atoms with E-state index in [9.17, 15) is 0 Å². The van der Waals surface area contributed by atoms with E-state index in [-0.39, 0.29) is 0 Å². The molecule has 0 amide bonds. The van der Waals surface area contributed by atoms with Crippen LogP contribution in [-0.4, -0.2) is 31.9 Å². The van der Waals surface area contributed by atoms with Crippen LogP contribution in [0.2, 0.25) is 0 Å². The monoisotopic (exact) mass is 125 g/mol. The lowest BCUT2D eigenvalue weighted by Crippen LogP contribution is -2.08. The summed E-state index contributed by atoms with van der Waals surface area (Å²) >= 11 is 0. The first kappa shape index (κ1) is 5.94. The summed E-state index contributed by atoms with van der Waals surface area (Å²) in [6, 6.07) is 0. The highest BCUT2D eigenvalue weighted by molar-refractivity contribution is 6.33. The van der Waals surface area contributed by atoms with Gasteiger partial charge in [-0.3, -0.25) is 4.99 Å². The van der Waals surface area contributed by atoms with E-state index in [1.54, 1.807) is 6.21 Å². The molecule has 1 aliphatic rings. The van der Waals surface area contributed by atoms with E-state index in [0.29, 0.717) is 6.54 Å². The van der Waals surface area contributed by atoms with Crippen LogP contribution in [-0.2, 0) is 4.84 Å². The summed E-state index contributed by atoms with van der Waals surface area (Å²) in [5, 5.41) is 3.64. The molecule has 0 bridgehead atoms. The molecule has 0 unspecified atom stereocenters. The molecular weight excluding hydrogens is 118 g/mol. The van der Waals surface area contributed by atoms with Crippen molar-refractivity contribution in [3.8, 4) is 0 Å². The topological polar surface area (TPSA) is 46.3 Å². The molecule has 0 spiro atoms. The van der Waals surface area contributed by atoms with E-state index in [1.807, 2.05) is 0 Å². The van der Waals surface area contributed by atoms with Crippen LogP contribution in [0, 0.1) is 0 Å². The second-order valence-electron chi connectivity index (χ2n) is 1.50. The molecule has 0 fully saturated rings. The maximum Gasteiger partial charge on any atom is 0.119 e. The van der Waals surface area contributed by atoms with Crippen molar-refractivity contribution in [2.24, 2.45) is 15.1 Å². The lowest BCUT2D eigenvalue weighted by molar-refractivity contribution is 0.214. The van der Waals surface area contributed by atoms with Crippen molar-refractivity contribution >= 4 is 18.3 Å². The Morgan fingerprint density at radius 3 is 3.22 bits per heavy atom. The van der Waals surface area contributed by atoms with Gasteiger partial charge in [0.2, 0.25) is 0 Å². The first-order valence-electron chi connectivity index (χ1n) is 2.55. The van der Waals surface area contributed by atoms with Crippen molar-refractivity contribution in [3.05, 3.63) is 0 Å². The minimum atomic E-state index is 0.567. The van der Waals surface area contributed by atoms with E-state index < -0.39 is 0 Å². The second kappa shape index (κ2) is 2.96. The molecule has 0 aromatic rings. The third-order valence-corrected chi connectivity index (χ3v) is 0.834.